The van der Waals surface area contributed by atoms with Crippen molar-refractivity contribution in [1.82, 2.24) is 0 Å². The Morgan fingerprint density at radius 2 is 1.41 bits per heavy atom. The third-order valence-electron chi connectivity index (χ3n) is 3.66. The molecule has 0 amide bonds. The lowest BCUT2D eigenvalue weighted by atomic mass is 9.92. The third kappa shape index (κ3) is 3.73. The monoisotopic (exact) mass is 300 g/mol. The highest BCUT2D eigenvalue weighted by Crippen LogP contribution is 2.34. The molecule has 0 fully saturated rings. The molecule has 3 heteroatoms. The summed E-state index contributed by atoms with van der Waals surface area (Å²) >= 11 is 0. The lowest BCUT2D eigenvalue weighted by Gasteiger charge is -2.18. The molecule has 0 saturated heterocycles. The summed E-state index contributed by atoms with van der Waals surface area (Å²) < 4.78 is 16.4. The van der Waals surface area contributed by atoms with E-state index in [4.69, 9.17) is 14.2 Å². The van der Waals surface area contributed by atoms with Crippen molar-refractivity contribution in [3.05, 3.63) is 53.6 Å². The van der Waals surface area contributed by atoms with Gasteiger partial charge in [-0.15, -0.1) is 0 Å². The van der Waals surface area contributed by atoms with Crippen LogP contribution in [0.4, 0.5) is 0 Å². The van der Waals surface area contributed by atoms with Crippen LogP contribution in [0.2, 0.25) is 0 Å². The number of methoxy groups -OCH3 is 2. The van der Waals surface area contributed by atoms with E-state index in [1.807, 2.05) is 38.1 Å². The van der Waals surface area contributed by atoms with Crippen LogP contribution in [0.25, 0.3) is 0 Å². The van der Waals surface area contributed by atoms with Crippen LogP contribution in [0.1, 0.15) is 37.8 Å². The van der Waals surface area contributed by atoms with Gasteiger partial charge in [-0.05, 0) is 37.6 Å². The molecule has 0 aliphatic rings. The molecule has 118 valence electrons. The second-order valence-electron chi connectivity index (χ2n) is 5.57. The van der Waals surface area contributed by atoms with Gasteiger partial charge in [-0.1, -0.05) is 25.1 Å². The number of hydrogen-bond acceptors (Lipinski definition) is 3. The largest absolute Gasteiger partial charge is 0.497 e. The molecule has 1 unspecified atom stereocenters. The van der Waals surface area contributed by atoms with E-state index in [0.29, 0.717) is 0 Å². The molecule has 0 aliphatic carbocycles. The first-order valence-electron chi connectivity index (χ1n) is 7.53. The number of ether oxygens (including phenoxy) is 3. The Bertz CT molecular complexity index is 603. The van der Waals surface area contributed by atoms with E-state index in [2.05, 4.69) is 25.1 Å². The maximum atomic E-state index is 5.69. The first-order valence-corrected chi connectivity index (χ1v) is 7.53. The molecule has 0 heterocycles. The highest BCUT2D eigenvalue weighted by Gasteiger charge is 2.14. The van der Waals surface area contributed by atoms with Gasteiger partial charge in [0.25, 0.3) is 0 Å². The highest BCUT2D eigenvalue weighted by molar-refractivity contribution is 5.46. The van der Waals surface area contributed by atoms with Crippen LogP contribution in [0.3, 0.4) is 0 Å². The standard InChI is InChI=1S/C19H24O3/c1-13(2)22-16-8-6-15(7-9-16)14(3)18-11-10-17(20-4)12-19(18)21-5/h6-14H,1-5H3. The second kappa shape index (κ2) is 7.21. The molecule has 3 nitrogen and oxygen atoms in total. The average Bonchev–Trinajstić information content (AvgIpc) is 2.53. The molecule has 0 N–H and O–H groups in total. The van der Waals surface area contributed by atoms with E-state index < -0.39 is 0 Å². The van der Waals surface area contributed by atoms with Crippen molar-refractivity contribution in [2.45, 2.75) is 32.8 Å². The van der Waals surface area contributed by atoms with Crippen LogP contribution in [-0.4, -0.2) is 20.3 Å². The smallest absolute Gasteiger partial charge is 0.126 e. The van der Waals surface area contributed by atoms with Crippen molar-refractivity contribution in [2.24, 2.45) is 0 Å². The third-order valence-corrected chi connectivity index (χ3v) is 3.66. The van der Waals surface area contributed by atoms with E-state index in [-0.39, 0.29) is 12.0 Å². The van der Waals surface area contributed by atoms with Crippen LogP contribution in [-0.2, 0) is 0 Å². The van der Waals surface area contributed by atoms with Crippen LogP contribution in [0.5, 0.6) is 17.2 Å². The van der Waals surface area contributed by atoms with E-state index in [0.717, 1.165) is 22.8 Å². The van der Waals surface area contributed by atoms with Gasteiger partial charge >= 0.3 is 0 Å². The highest BCUT2D eigenvalue weighted by atomic mass is 16.5. The molecule has 2 rings (SSSR count). The van der Waals surface area contributed by atoms with Crippen LogP contribution < -0.4 is 14.2 Å². The van der Waals surface area contributed by atoms with E-state index >= 15 is 0 Å². The normalized spacial score (nSPS) is 12.1. The molecule has 0 bridgehead atoms. The van der Waals surface area contributed by atoms with Crippen LogP contribution in [0.15, 0.2) is 42.5 Å². The minimum absolute atomic E-state index is 0.185. The quantitative estimate of drug-likeness (QED) is 0.777. The van der Waals surface area contributed by atoms with Crippen molar-refractivity contribution in [3.8, 4) is 17.2 Å². The Morgan fingerprint density at radius 3 is 1.95 bits per heavy atom. The summed E-state index contributed by atoms with van der Waals surface area (Å²) in [6.07, 6.45) is 0.185. The average molecular weight is 300 g/mol. The van der Waals surface area contributed by atoms with Gasteiger partial charge in [-0.2, -0.15) is 0 Å². The first-order chi connectivity index (χ1) is 10.5. The Labute approximate surface area is 132 Å². The van der Waals surface area contributed by atoms with Gasteiger partial charge in [-0.25, -0.2) is 0 Å². The summed E-state index contributed by atoms with van der Waals surface area (Å²) in [5.74, 6) is 2.77. The Kier molecular flexibility index (Phi) is 5.31. The van der Waals surface area contributed by atoms with Crippen molar-refractivity contribution < 1.29 is 14.2 Å². The summed E-state index contributed by atoms with van der Waals surface area (Å²) in [4.78, 5) is 0. The van der Waals surface area contributed by atoms with Gasteiger partial charge < -0.3 is 14.2 Å². The molecule has 0 spiro atoms. The van der Waals surface area contributed by atoms with Gasteiger partial charge in [-0.3, -0.25) is 0 Å². The predicted molar refractivity (Wildman–Crippen MR) is 89.3 cm³/mol. The summed E-state index contributed by atoms with van der Waals surface area (Å²) in [5.41, 5.74) is 2.36. The Hall–Kier alpha value is -2.16. The molecule has 0 aromatic heterocycles. The minimum Gasteiger partial charge on any atom is -0.497 e. The van der Waals surface area contributed by atoms with Gasteiger partial charge in [0.15, 0.2) is 0 Å². The van der Waals surface area contributed by atoms with Gasteiger partial charge in [0.2, 0.25) is 0 Å². The van der Waals surface area contributed by atoms with Crippen molar-refractivity contribution in [3.63, 3.8) is 0 Å². The number of rotatable bonds is 6. The van der Waals surface area contributed by atoms with Crippen molar-refractivity contribution in [1.29, 1.82) is 0 Å². The fraction of sp³-hybridized carbons (Fsp3) is 0.368. The molecule has 22 heavy (non-hydrogen) atoms. The molecular weight excluding hydrogens is 276 g/mol. The molecule has 2 aromatic carbocycles. The fourth-order valence-electron chi connectivity index (χ4n) is 2.46. The molecule has 1 atom stereocenters. The fourth-order valence-corrected chi connectivity index (χ4v) is 2.46. The molecule has 0 aliphatic heterocycles. The van der Waals surface area contributed by atoms with Gasteiger partial charge in [0, 0.05) is 17.5 Å². The molecular formula is C19H24O3. The van der Waals surface area contributed by atoms with Gasteiger partial charge in [0.05, 0.1) is 20.3 Å². The topological polar surface area (TPSA) is 27.7 Å². The second-order valence-corrected chi connectivity index (χ2v) is 5.57. The Morgan fingerprint density at radius 1 is 0.773 bits per heavy atom. The van der Waals surface area contributed by atoms with Crippen molar-refractivity contribution in [2.75, 3.05) is 14.2 Å². The lowest BCUT2D eigenvalue weighted by Crippen LogP contribution is -2.05. The zero-order chi connectivity index (χ0) is 16.1. The summed E-state index contributed by atoms with van der Waals surface area (Å²) in [6.45, 7) is 6.22. The van der Waals surface area contributed by atoms with E-state index in [1.54, 1.807) is 14.2 Å². The summed E-state index contributed by atoms with van der Waals surface area (Å²) in [7, 11) is 3.34. The van der Waals surface area contributed by atoms with E-state index in [1.165, 1.54) is 5.56 Å². The Balaban J connectivity index is 2.25. The maximum Gasteiger partial charge on any atom is 0.126 e. The maximum absolute atomic E-state index is 5.69. The predicted octanol–water partition coefficient (Wildman–Crippen LogP) is 4.64. The molecule has 2 aromatic rings. The SMILES string of the molecule is COc1ccc(C(C)c2ccc(OC(C)C)cc2)c(OC)c1. The first kappa shape index (κ1) is 16.2. The summed E-state index contributed by atoms with van der Waals surface area (Å²) in [6, 6.07) is 14.2. The van der Waals surface area contributed by atoms with Crippen molar-refractivity contribution >= 4 is 0 Å². The molecule has 0 radical (unpaired) electrons. The van der Waals surface area contributed by atoms with Crippen LogP contribution in [0, 0.1) is 0 Å². The number of benzene rings is 2. The summed E-state index contributed by atoms with van der Waals surface area (Å²) in [5, 5.41) is 0. The number of hydrogen-bond donors (Lipinski definition) is 0. The minimum atomic E-state index is 0.185. The van der Waals surface area contributed by atoms with Gasteiger partial charge in [0.1, 0.15) is 17.2 Å². The molecule has 0 saturated carbocycles. The van der Waals surface area contributed by atoms with E-state index in [9.17, 15) is 0 Å². The lowest BCUT2D eigenvalue weighted by molar-refractivity contribution is 0.242. The zero-order valence-electron chi connectivity index (χ0n) is 13.9. The van der Waals surface area contributed by atoms with Crippen LogP contribution >= 0.6 is 0 Å². The zero-order valence-corrected chi connectivity index (χ0v) is 13.9.